The Kier molecular flexibility index (Phi) is 3.84. The lowest BCUT2D eigenvalue weighted by molar-refractivity contribution is 0.238. The van der Waals surface area contributed by atoms with E-state index in [1.54, 1.807) is 6.07 Å². The van der Waals surface area contributed by atoms with Crippen LogP contribution in [0, 0.1) is 5.82 Å². The first-order valence-electron chi connectivity index (χ1n) is 6.90. The fourth-order valence-corrected chi connectivity index (χ4v) is 3.60. The Morgan fingerprint density at radius 1 is 1.40 bits per heavy atom. The summed E-state index contributed by atoms with van der Waals surface area (Å²) in [5, 5.41) is 4.56. The van der Waals surface area contributed by atoms with E-state index in [0.717, 1.165) is 41.6 Å². The van der Waals surface area contributed by atoms with Crippen LogP contribution in [-0.2, 0) is 13.5 Å². The van der Waals surface area contributed by atoms with Gasteiger partial charge in [0.25, 0.3) is 0 Å². The highest BCUT2D eigenvalue weighted by Gasteiger charge is 2.21. The molecule has 0 amide bonds. The van der Waals surface area contributed by atoms with Gasteiger partial charge in [0, 0.05) is 43.6 Å². The van der Waals surface area contributed by atoms with Crippen molar-refractivity contribution in [1.82, 2.24) is 14.8 Å². The van der Waals surface area contributed by atoms with Crippen molar-refractivity contribution >= 4 is 26.8 Å². The van der Waals surface area contributed by atoms with E-state index in [1.165, 1.54) is 11.6 Å². The van der Waals surface area contributed by atoms with E-state index in [1.807, 2.05) is 13.1 Å². The van der Waals surface area contributed by atoms with Crippen molar-refractivity contribution < 1.29 is 4.39 Å². The number of hydrogen-bond donors (Lipinski definition) is 1. The van der Waals surface area contributed by atoms with Gasteiger partial charge in [-0.1, -0.05) is 0 Å². The van der Waals surface area contributed by atoms with Crippen LogP contribution in [0.1, 0.15) is 5.56 Å². The van der Waals surface area contributed by atoms with Gasteiger partial charge in [-0.2, -0.15) is 0 Å². The second kappa shape index (κ2) is 5.47. The first-order valence-corrected chi connectivity index (χ1v) is 7.70. The molecule has 1 N–H and O–H groups in total. The van der Waals surface area contributed by atoms with Crippen molar-refractivity contribution in [3.63, 3.8) is 0 Å². The molecule has 0 saturated carbocycles. The first-order chi connectivity index (χ1) is 9.56. The molecule has 1 atom stereocenters. The molecule has 1 unspecified atom stereocenters. The number of aryl methyl sites for hydroxylation is 1. The van der Waals surface area contributed by atoms with Crippen molar-refractivity contribution in [2.24, 2.45) is 7.05 Å². The number of fused-ring (bicyclic) bond motifs is 1. The molecular formula is C15H19BrFN3. The Bertz CT molecular complexity index is 638. The van der Waals surface area contributed by atoms with Crippen LogP contribution in [0.4, 0.5) is 4.39 Å². The van der Waals surface area contributed by atoms with E-state index in [4.69, 9.17) is 0 Å². The molecule has 1 aromatic carbocycles. The van der Waals surface area contributed by atoms with E-state index in [9.17, 15) is 4.39 Å². The van der Waals surface area contributed by atoms with Crippen LogP contribution in [0.25, 0.3) is 10.9 Å². The summed E-state index contributed by atoms with van der Waals surface area (Å²) in [6.07, 6.45) is 0.908. The summed E-state index contributed by atoms with van der Waals surface area (Å²) in [7, 11) is 4.15. The maximum atomic E-state index is 13.5. The third kappa shape index (κ3) is 2.50. The van der Waals surface area contributed by atoms with Crippen molar-refractivity contribution in [3.8, 4) is 0 Å². The number of piperazine rings is 1. The number of halogens is 2. The number of nitrogens with zero attached hydrogens (tertiary/aromatic N) is 2. The van der Waals surface area contributed by atoms with Crippen LogP contribution in [0.5, 0.6) is 0 Å². The standard InChI is InChI=1S/C15H19BrFN3/c1-19-6-5-18-11(9-19)8-13-12-7-10(17)3-4-14(12)20(2)15(13)16/h3-4,7,11,18H,5-6,8-9H2,1-2H3. The van der Waals surface area contributed by atoms with E-state index in [0.29, 0.717) is 6.04 Å². The molecule has 1 fully saturated rings. The molecule has 3 nitrogen and oxygen atoms in total. The Hall–Kier alpha value is -0.910. The zero-order valence-corrected chi connectivity index (χ0v) is 13.4. The van der Waals surface area contributed by atoms with E-state index < -0.39 is 0 Å². The molecule has 1 aliphatic heterocycles. The average molecular weight is 340 g/mol. The summed E-state index contributed by atoms with van der Waals surface area (Å²) in [5.41, 5.74) is 2.26. The largest absolute Gasteiger partial charge is 0.338 e. The van der Waals surface area contributed by atoms with Gasteiger partial charge >= 0.3 is 0 Å². The fraction of sp³-hybridized carbons (Fsp3) is 0.467. The topological polar surface area (TPSA) is 20.2 Å². The van der Waals surface area contributed by atoms with Gasteiger partial charge in [-0.25, -0.2) is 4.39 Å². The van der Waals surface area contributed by atoms with Crippen molar-refractivity contribution in [1.29, 1.82) is 0 Å². The van der Waals surface area contributed by atoms with Gasteiger partial charge in [0.15, 0.2) is 0 Å². The summed E-state index contributed by atoms with van der Waals surface area (Å²) < 4.78 is 16.7. The Morgan fingerprint density at radius 3 is 2.95 bits per heavy atom. The number of aromatic nitrogens is 1. The number of benzene rings is 1. The highest BCUT2D eigenvalue weighted by atomic mass is 79.9. The molecule has 0 spiro atoms. The fourth-order valence-electron chi connectivity index (χ4n) is 3.03. The minimum Gasteiger partial charge on any atom is -0.338 e. The monoisotopic (exact) mass is 339 g/mol. The highest BCUT2D eigenvalue weighted by molar-refractivity contribution is 9.10. The molecule has 2 heterocycles. The maximum Gasteiger partial charge on any atom is 0.123 e. The molecule has 0 bridgehead atoms. The molecule has 1 aliphatic rings. The zero-order chi connectivity index (χ0) is 14.3. The minimum atomic E-state index is -0.175. The van der Waals surface area contributed by atoms with Crippen LogP contribution in [-0.4, -0.2) is 42.2 Å². The highest BCUT2D eigenvalue weighted by Crippen LogP contribution is 2.31. The summed E-state index contributed by atoms with van der Waals surface area (Å²) >= 11 is 3.66. The molecule has 0 radical (unpaired) electrons. The predicted octanol–water partition coefficient (Wildman–Crippen LogP) is 2.53. The Morgan fingerprint density at radius 2 is 2.20 bits per heavy atom. The Labute approximate surface area is 126 Å². The van der Waals surface area contributed by atoms with Crippen LogP contribution < -0.4 is 5.32 Å². The molecule has 108 valence electrons. The lowest BCUT2D eigenvalue weighted by atomic mass is 10.0. The molecule has 1 aromatic heterocycles. The molecule has 2 aromatic rings. The number of hydrogen-bond acceptors (Lipinski definition) is 2. The lowest BCUT2D eigenvalue weighted by Crippen LogP contribution is -2.49. The first kappa shape index (κ1) is 14.0. The molecule has 0 aliphatic carbocycles. The number of nitrogens with one attached hydrogen (secondary N) is 1. The third-order valence-electron chi connectivity index (χ3n) is 4.10. The SMILES string of the molecule is CN1CCNC(Cc2c(Br)n(C)c3ccc(F)cc23)C1. The van der Waals surface area contributed by atoms with Crippen LogP contribution in [0.2, 0.25) is 0 Å². The minimum absolute atomic E-state index is 0.175. The van der Waals surface area contributed by atoms with Crippen LogP contribution in [0.15, 0.2) is 22.8 Å². The van der Waals surface area contributed by atoms with Gasteiger partial charge in [-0.3, -0.25) is 0 Å². The second-order valence-corrected chi connectivity index (χ2v) is 6.36. The van der Waals surface area contributed by atoms with Gasteiger partial charge in [0.1, 0.15) is 5.82 Å². The van der Waals surface area contributed by atoms with Crippen molar-refractivity contribution in [3.05, 3.63) is 34.2 Å². The Balaban J connectivity index is 1.98. The molecular weight excluding hydrogens is 321 g/mol. The predicted molar refractivity (Wildman–Crippen MR) is 83.6 cm³/mol. The van der Waals surface area contributed by atoms with E-state index >= 15 is 0 Å². The van der Waals surface area contributed by atoms with Crippen LogP contribution in [0.3, 0.4) is 0 Å². The van der Waals surface area contributed by atoms with Crippen molar-refractivity contribution in [2.75, 3.05) is 26.7 Å². The number of rotatable bonds is 2. The normalized spacial score (nSPS) is 20.7. The van der Waals surface area contributed by atoms with Crippen LogP contribution >= 0.6 is 15.9 Å². The summed E-state index contributed by atoms with van der Waals surface area (Å²) in [6, 6.07) is 5.42. The van der Waals surface area contributed by atoms with Gasteiger partial charge in [-0.15, -0.1) is 0 Å². The lowest BCUT2D eigenvalue weighted by Gasteiger charge is -2.31. The molecule has 1 saturated heterocycles. The second-order valence-electron chi connectivity index (χ2n) is 5.61. The van der Waals surface area contributed by atoms with E-state index in [-0.39, 0.29) is 5.82 Å². The van der Waals surface area contributed by atoms with Gasteiger partial charge < -0.3 is 14.8 Å². The summed E-state index contributed by atoms with van der Waals surface area (Å²) in [6.45, 7) is 3.12. The van der Waals surface area contributed by atoms with Crippen molar-refractivity contribution in [2.45, 2.75) is 12.5 Å². The molecule has 5 heteroatoms. The molecule has 20 heavy (non-hydrogen) atoms. The van der Waals surface area contributed by atoms with Gasteiger partial charge in [0.2, 0.25) is 0 Å². The van der Waals surface area contributed by atoms with Gasteiger partial charge in [-0.05, 0) is 53.2 Å². The zero-order valence-electron chi connectivity index (χ0n) is 11.8. The number of likely N-dealkylation sites (N-methyl/N-ethyl adjacent to an activating group) is 1. The van der Waals surface area contributed by atoms with E-state index in [2.05, 4.69) is 37.8 Å². The molecule has 3 rings (SSSR count). The van der Waals surface area contributed by atoms with Gasteiger partial charge in [0.05, 0.1) is 4.60 Å². The quantitative estimate of drug-likeness (QED) is 0.907. The summed E-state index contributed by atoms with van der Waals surface area (Å²) in [5.74, 6) is -0.175. The maximum absolute atomic E-state index is 13.5. The average Bonchev–Trinajstić information content (AvgIpc) is 2.64. The smallest absolute Gasteiger partial charge is 0.123 e. The summed E-state index contributed by atoms with van der Waals surface area (Å²) in [4.78, 5) is 2.33. The third-order valence-corrected chi connectivity index (χ3v) is 5.11.